The minimum Gasteiger partial charge on any atom is -0.507 e. The zero-order chi connectivity index (χ0) is 10.8. The lowest BCUT2D eigenvalue weighted by atomic mass is 10.0. The van der Waals surface area contributed by atoms with E-state index in [9.17, 15) is 5.11 Å². The number of halogens is 2. The van der Waals surface area contributed by atoms with Crippen LogP contribution in [0.25, 0.3) is 11.1 Å². The summed E-state index contributed by atoms with van der Waals surface area (Å²) in [6.45, 7) is 0. The van der Waals surface area contributed by atoms with E-state index >= 15 is 0 Å². The van der Waals surface area contributed by atoms with Gasteiger partial charge in [0.05, 0.1) is 0 Å². The lowest BCUT2D eigenvalue weighted by molar-refractivity contribution is 0.477. The third-order valence-corrected chi connectivity index (χ3v) is 2.30. The molecule has 0 atom stereocenters. The molecule has 2 aromatic rings. The molecule has 0 aliphatic heterocycles. The molecule has 0 radical (unpaired) electrons. The molecule has 0 aliphatic carbocycles. The highest BCUT2D eigenvalue weighted by molar-refractivity contribution is 5.88. The molecular formula is C12H14Cl2N2O. The number of rotatable bonds is 1. The van der Waals surface area contributed by atoms with Crippen molar-refractivity contribution in [3.63, 3.8) is 0 Å². The maximum absolute atomic E-state index is 9.73. The summed E-state index contributed by atoms with van der Waals surface area (Å²) < 4.78 is 0. The summed E-state index contributed by atoms with van der Waals surface area (Å²) in [7, 11) is 0. The highest BCUT2D eigenvalue weighted by Gasteiger charge is 2.09. The summed E-state index contributed by atoms with van der Waals surface area (Å²) in [5.41, 5.74) is 14.1. The molecule has 0 amide bonds. The van der Waals surface area contributed by atoms with Crippen LogP contribution in [-0.4, -0.2) is 5.11 Å². The normalized spacial score (nSPS) is 8.94. The Hall–Kier alpha value is -1.58. The fourth-order valence-electron chi connectivity index (χ4n) is 1.58. The number of benzene rings is 2. The predicted molar refractivity (Wildman–Crippen MR) is 76.9 cm³/mol. The molecule has 0 fully saturated rings. The van der Waals surface area contributed by atoms with Crippen molar-refractivity contribution in [1.82, 2.24) is 0 Å². The Morgan fingerprint density at radius 3 is 1.94 bits per heavy atom. The van der Waals surface area contributed by atoms with Gasteiger partial charge < -0.3 is 16.6 Å². The standard InChI is InChI=1S/C12H12N2O.2ClH/c13-9-5-2-1-4-8(9)12-10(14)6-3-7-11(12)15;;/h1-7,15H,13-14H2;2*1H. The van der Waals surface area contributed by atoms with Gasteiger partial charge in [-0.3, -0.25) is 0 Å². The van der Waals surface area contributed by atoms with Crippen LogP contribution in [0, 0.1) is 0 Å². The average Bonchev–Trinajstić information content (AvgIpc) is 2.20. The predicted octanol–water partition coefficient (Wildman–Crippen LogP) is 3.07. The number of phenolic OH excluding ortho intramolecular Hbond substituents is 1. The smallest absolute Gasteiger partial charge is 0.125 e. The molecule has 0 aromatic heterocycles. The molecule has 92 valence electrons. The molecule has 0 spiro atoms. The van der Waals surface area contributed by atoms with E-state index in [0.717, 1.165) is 5.56 Å². The second kappa shape index (κ2) is 6.23. The molecule has 0 bridgehead atoms. The summed E-state index contributed by atoms with van der Waals surface area (Å²) in [4.78, 5) is 0. The van der Waals surface area contributed by atoms with Crippen molar-refractivity contribution in [2.45, 2.75) is 0 Å². The van der Waals surface area contributed by atoms with Crippen molar-refractivity contribution in [1.29, 1.82) is 0 Å². The first-order valence-corrected chi connectivity index (χ1v) is 4.62. The van der Waals surface area contributed by atoms with Crippen molar-refractivity contribution >= 4 is 36.2 Å². The molecular weight excluding hydrogens is 259 g/mol. The van der Waals surface area contributed by atoms with Crippen LogP contribution in [0.1, 0.15) is 0 Å². The molecule has 0 unspecified atom stereocenters. The lowest BCUT2D eigenvalue weighted by Gasteiger charge is -2.10. The van der Waals surface area contributed by atoms with Gasteiger partial charge in [-0.1, -0.05) is 24.3 Å². The van der Waals surface area contributed by atoms with E-state index in [-0.39, 0.29) is 30.6 Å². The molecule has 0 aliphatic rings. The fourth-order valence-corrected chi connectivity index (χ4v) is 1.58. The first kappa shape index (κ1) is 15.4. The van der Waals surface area contributed by atoms with E-state index in [1.165, 1.54) is 0 Å². The summed E-state index contributed by atoms with van der Waals surface area (Å²) in [6.07, 6.45) is 0. The van der Waals surface area contributed by atoms with Crippen molar-refractivity contribution in [2.24, 2.45) is 0 Å². The molecule has 0 saturated carbocycles. The van der Waals surface area contributed by atoms with Gasteiger partial charge in [0.25, 0.3) is 0 Å². The van der Waals surface area contributed by atoms with Gasteiger partial charge in [0.2, 0.25) is 0 Å². The lowest BCUT2D eigenvalue weighted by Crippen LogP contribution is -1.94. The van der Waals surface area contributed by atoms with E-state index < -0.39 is 0 Å². The second-order valence-electron chi connectivity index (χ2n) is 3.33. The first-order valence-electron chi connectivity index (χ1n) is 4.62. The number of para-hydroxylation sites is 1. The quantitative estimate of drug-likeness (QED) is 0.699. The molecule has 17 heavy (non-hydrogen) atoms. The minimum absolute atomic E-state index is 0. The second-order valence-corrected chi connectivity index (χ2v) is 3.33. The van der Waals surface area contributed by atoms with Gasteiger partial charge in [-0.2, -0.15) is 0 Å². The monoisotopic (exact) mass is 272 g/mol. The number of nitrogen functional groups attached to an aromatic ring is 2. The van der Waals surface area contributed by atoms with Gasteiger partial charge in [0, 0.05) is 22.5 Å². The molecule has 5 heteroatoms. The Labute approximate surface area is 112 Å². The van der Waals surface area contributed by atoms with Crippen LogP contribution in [0.4, 0.5) is 11.4 Å². The van der Waals surface area contributed by atoms with Crippen LogP contribution >= 0.6 is 24.8 Å². The van der Waals surface area contributed by atoms with Gasteiger partial charge in [-0.15, -0.1) is 24.8 Å². The van der Waals surface area contributed by atoms with E-state index in [1.54, 1.807) is 24.3 Å². The number of hydrogen-bond donors (Lipinski definition) is 3. The van der Waals surface area contributed by atoms with Gasteiger partial charge in [-0.05, 0) is 18.2 Å². The summed E-state index contributed by atoms with van der Waals surface area (Å²) in [6, 6.07) is 12.3. The highest BCUT2D eigenvalue weighted by atomic mass is 35.5. The van der Waals surface area contributed by atoms with Gasteiger partial charge in [-0.25, -0.2) is 0 Å². The molecule has 2 rings (SSSR count). The van der Waals surface area contributed by atoms with Crippen molar-refractivity contribution in [3.05, 3.63) is 42.5 Å². The van der Waals surface area contributed by atoms with Gasteiger partial charge >= 0.3 is 0 Å². The van der Waals surface area contributed by atoms with Crippen molar-refractivity contribution in [2.75, 3.05) is 11.5 Å². The van der Waals surface area contributed by atoms with Gasteiger partial charge in [0.1, 0.15) is 5.75 Å². The molecule has 2 aromatic carbocycles. The van der Waals surface area contributed by atoms with Crippen LogP contribution in [0.2, 0.25) is 0 Å². The number of nitrogens with two attached hydrogens (primary N) is 2. The van der Waals surface area contributed by atoms with E-state index in [2.05, 4.69) is 0 Å². The average molecular weight is 273 g/mol. The summed E-state index contributed by atoms with van der Waals surface area (Å²) in [5.74, 6) is 0.146. The highest BCUT2D eigenvalue weighted by Crippen LogP contribution is 2.37. The minimum atomic E-state index is 0. The maximum Gasteiger partial charge on any atom is 0.125 e. The number of anilines is 2. The number of phenols is 1. The van der Waals surface area contributed by atoms with Crippen molar-refractivity contribution < 1.29 is 5.11 Å². The number of aromatic hydroxyl groups is 1. The van der Waals surface area contributed by atoms with Crippen molar-refractivity contribution in [3.8, 4) is 16.9 Å². The van der Waals surface area contributed by atoms with E-state index in [4.69, 9.17) is 11.5 Å². The van der Waals surface area contributed by atoms with Crippen LogP contribution in [0.5, 0.6) is 5.75 Å². The maximum atomic E-state index is 9.73. The van der Waals surface area contributed by atoms with E-state index in [1.807, 2.05) is 18.2 Å². The number of hydrogen-bond acceptors (Lipinski definition) is 3. The Morgan fingerprint density at radius 1 is 0.765 bits per heavy atom. The largest absolute Gasteiger partial charge is 0.507 e. The Kier molecular flexibility index (Phi) is 5.65. The molecule has 0 heterocycles. The summed E-state index contributed by atoms with van der Waals surface area (Å²) >= 11 is 0. The zero-order valence-electron chi connectivity index (χ0n) is 8.96. The molecule has 5 N–H and O–H groups in total. The Bertz CT molecular complexity index is 483. The first-order chi connectivity index (χ1) is 7.20. The van der Waals surface area contributed by atoms with E-state index in [0.29, 0.717) is 16.9 Å². The van der Waals surface area contributed by atoms with Crippen LogP contribution < -0.4 is 11.5 Å². The van der Waals surface area contributed by atoms with Crippen LogP contribution in [-0.2, 0) is 0 Å². The fraction of sp³-hybridized carbons (Fsp3) is 0. The van der Waals surface area contributed by atoms with Crippen LogP contribution in [0.15, 0.2) is 42.5 Å². The molecule has 0 saturated heterocycles. The third-order valence-electron chi connectivity index (χ3n) is 2.30. The topological polar surface area (TPSA) is 72.3 Å². The molecule has 3 nitrogen and oxygen atoms in total. The Balaban J connectivity index is 0.00000128. The SMILES string of the molecule is Cl.Cl.Nc1ccccc1-c1c(N)cccc1O. The zero-order valence-corrected chi connectivity index (χ0v) is 10.6. The van der Waals surface area contributed by atoms with Crippen LogP contribution in [0.3, 0.4) is 0 Å². The third kappa shape index (κ3) is 2.96. The van der Waals surface area contributed by atoms with Gasteiger partial charge in [0.15, 0.2) is 0 Å². The summed E-state index contributed by atoms with van der Waals surface area (Å²) in [5, 5.41) is 9.73. The Morgan fingerprint density at radius 2 is 1.35 bits per heavy atom.